The second kappa shape index (κ2) is 11.9. The first-order valence-electron chi connectivity index (χ1n) is 15.8. The van der Waals surface area contributed by atoms with Gasteiger partial charge in [0.25, 0.3) is 0 Å². The predicted molar refractivity (Wildman–Crippen MR) is 176 cm³/mol. The van der Waals surface area contributed by atoms with Crippen LogP contribution in [0.4, 0.5) is 9.59 Å². The van der Waals surface area contributed by atoms with Crippen molar-refractivity contribution in [1.29, 1.82) is 0 Å². The summed E-state index contributed by atoms with van der Waals surface area (Å²) in [7, 11) is 0. The standard InChI is InChI=1S/C37H44N2O8/c1-34(2,3)45-30(40)37(31(41)46-35(4,5)6)25-19-15-21-38(32(42)47-36(7,8)9)28(25)27-24-18-13-14-20-26(24)39(29(27)37)33(43)44-22-23-16-11-10-12-17-23/h10-20,25,28H,21-22H2,1-9H3/t25-,28+/m1/s1. The molecule has 10 heteroatoms. The highest BCUT2D eigenvalue weighted by Gasteiger charge is 2.69. The highest BCUT2D eigenvalue weighted by atomic mass is 16.6. The number of aromatic nitrogens is 1. The summed E-state index contributed by atoms with van der Waals surface area (Å²) >= 11 is 0. The maximum absolute atomic E-state index is 14.8. The van der Waals surface area contributed by atoms with Crippen LogP contribution in [-0.2, 0) is 40.6 Å². The van der Waals surface area contributed by atoms with Crippen molar-refractivity contribution in [2.75, 3.05) is 6.54 Å². The van der Waals surface area contributed by atoms with E-state index < -0.39 is 58.3 Å². The third-order valence-electron chi connectivity index (χ3n) is 7.86. The van der Waals surface area contributed by atoms with E-state index in [1.165, 1.54) is 9.47 Å². The molecule has 1 aliphatic carbocycles. The summed E-state index contributed by atoms with van der Waals surface area (Å²) < 4.78 is 25.0. The van der Waals surface area contributed by atoms with Crippen LogP contribution >= 0.6 is 0 Å². The third-order valence-corrected chi connectivity index (χ3v) is 7.86. The van der Waals surface area contributed by atoms with Crippen molar-refractivity contribution in [3.8, 4) is 0 Å². The minimum Gasteiger partial charge on any atom is -0.459 e. The van der Waals surface area contributed by atoms with E-state index in [4.69, 9.17) is 18.9 Å². The number of hydrogen-bond donors (Lipinski definition) is 0. The first-order valence-corrected chi connectivity index (χ1v) is 15.8. The zero-order valence-corrected chi connectivity index (χ0v) is 28.6. The van der Waals surface area contributed by atoms with Crippen molar-refractivity contribution in [2.24, 2.45) is 5.92 Å². The van der Waals surface area contributed by atoms with E-state index in [0.29, 0.717) is 16.5 Å². The summed E-state index contributed by atoms with van der Waals surface area (Å²) in [6, 6.07) is 15.4. The maximum atomic E-state index is 14.8. The van der Waals surface area contributed by atoms with Crippen molar-refractivity contribution >= 4 is 35.0 Å². The molecular formula is C37H44N2O8. The van der Waals surface area contributed by atoms with Crippen LogP contribution in [-0.4, -0.2) is 56.9 Å². The van der Waals surface area contributed by atoms with Gasteiger partial charge in [0.15, 0.2) is 0 Å². The van der Waals surface area contributed by atoms with Crippen LogP contribution < -0.4 is 0 Å². The Morgan fingerprint density at radius 2 is 1.30 bits per heavy atom. The number of para-hydroxylation sites is 1. The smallest absolute Gasteiger partial charge is 0.419 e. The van der Waals surface area contributed by atoms with Gasteiger partial charge in [-0.1, -0.05) is 60.7 Å². The van der Waals surface area contributed by atoms with Crippen molar-refractivity contribution < 1.29 is 38.1 Å². The minimum absolute atomic E-state index is 0.0513. The maximum Gasteiger partial charge on any atom is 0.419 e. The Balaban J connectivity index is 1.83. The van der Waals surface area contributed by atoms with Crippen LogP contribution in [0.15, 0.2) is 66.7 Å². The molecule has 10 nitrogen and oxygen atoms in total. The van der Waals surface area contributed by atoms with Gasteiger partial charge in [0.1, 0.15) is 23.4 Å². The van der Waals surface area contributed by atoms with E-state index in [1.807, 2.05) is 30.3 Å². The van der Waals surface area contributed by atoms with Crippen LogP contribution in [0, 0.1) is 5.92 Å². The van der Waals surface area contributed by atoms with Gasteiger partial charge in [-0.3, -0.25) is 14.5 Å². The Bertz CT molecular complexity index is 1710. The number of rotatable bonds is 4. The van der Waals surface area contributed by atoms with Crippen molar-refractivity contribution in [2.45, 2.75) is 97.2 Å². The van der Waals surface area contributed by atoms with Crippen LogP contribution in [0.25, 0.3) is 10.9 Å². The summed E-state index contributed by atoms with van der Waals surface area (Å²) in [4.78, 5) is 59.2. The van der Waals surface area contributed by atoms with Crippen molar-refractivity contribution in [3.05, 3.63) is 83.6 Å². The molecule has 250 valence electrons. The lowest BCUT2D eigenvalue weighted by atomic mass is 9.73. The molecule has 1 aliphatic heterocycles. The number of benzene rings is 2. The SMILES string of the molecule is CC(C)(C)OC(=O)N1CC=C[C@@H]2[C@H]1c1c(n(C(=O)OCc3ccccc3)c3ccccc13)C2(C(=O)OC(C)(C)C)C(=O)OC(C)(C)C. The van der Waals surface area contributed by atoms with Gasteiger partial charge in [0.05, 0.1) is 17.3 Å². The molecule has 0 spiro atoms. The summed E-state index contributed by atoms with van der Waals surface area (Å²) in [6.07, 6.45) is 2.04. The number of carbonyl (C=O) groups is 4. The molecule has 0 radical (unpaired) electrons. The first kappa shape index (κ1) is 33.8. The monoisotopic (exact) mass is 644 g/mol. The van der Waals surface area contributed by atoms with Crippen LogP contribution in [0.3, 0.4) is 0 Å². The van der Waals surface area contributed by atoms with Gasteiger partial charge in [0.2, 0.25) is 5.41 Å². The lowest BCUT2D eigenvalue weighted by molar-refractivity contribution is -0.181. The molecule has 5 rings (SSSR count). The zero-order chi connectivity index (χ0) is 34.5. The summed E-state index contributed by atoms with van der Waals surface area (Å²) in [5, 5.41) is 0.576. The van der Waals surface area contributed by atoms with Crippen molar-refractivity contribution in [1.82, 2.24) is 9.47 Å². The Hall–Kier alpha value is -4.60. The number of ether oxygens (including phenoxy) is 4. The molecule has 1 aromatic heterocycles. The number of nitrogens with zero attached hydrogens (tertiary/aromatic N) is 2. The van der Waals surface area contributed by atoms with Crippen LogP contribution in [0.2, 0.25) is 0 Å². The van der Waals surface area contributed by atoms with Crippen molar-refractivity contribution in [3.63, 3.8) is 0 Å². The summed E-state index contributed by atoms with van der Waals surface area (Å²) in [5.41, 5.74) is -3.39. The molecule has 2 atom stereocenters. The van der Waals surface area contributed by atoms with E-state index in [-0.39, 0.29) is 18.8 Å². The number of amides is 1. The largest absolute Gasteiger partial charge is 0.459 e. The van der Waals surface area contributed by atoms with Gasteiger partial charge in [-0.05, 0) is 73.9 Å². The molecule has 0 N–H and O–H groups in total. The Labute approximate surface area is 275 Å². The number of hydrogen-bond acceptors (Lipinski definition) is 8. The van der Waals surface area contributed by atoms with Gasteiger partial charge in [-0.25, -0.2) is 14.2 Å². The molecular weight excluding hydrogens is 600 g/mol. The minimum atomic E-state index is -2.21. The molecule has 3 aromatic rings. The third kappa shape index (κ3) is 6.38. The summed E-state index contributed by atoms with van der Waals surface area (Å²) in [5.74, 6) is -2.80. The molecule has 0 saturated carbocycles. The van der Waals surface area contributed by atoms with E-state index in [0.717, 1.165) is 5.56 Å². The topological polar surface area (TPSA) is 113 Å². The first-order chi connectivity index (χ1) is 21.8. The highest BCUT2D eigenvalue weighted by molar-refractivity contribution is 6.12. The molecule has 47 heavy (non-hydrogen) atoms. The Kier molecular flexibility index (Phi) is 8.54. The van der Waals surface area contributed by atoms with Gasteiger partial charge in [-0.15, -0.1) is 0 Å². The number of esters is 2. The molecule has 2 aromatic carbocycles. The molecule has 0 fully saturated rings. The van der Waals surface area contributed by atoms with E-state index >= 15 is 0 Å². The quantitative estimate of drug-likeness (QED) is 0.127. The van der Waals surface area contributed by atoms with E-state index in [1.54, 1.807) is 98.7 Å². The van der Waals surface area contributed by atoms with Gasteiger partial charge < -0.3 is 18.9 Å². The molecule has 2 aliphatic rings. The number of carbonyl (C=O) groups excluding carboxylic acids is 4. The molecule has 0 bridgehead atoms. The van der Waals surface area contributed by atoms with E-state index in [9.17, 15) is 19.2 Å². The predicted octanol–water partition coefficient (Wildman–Crippen LogP) is 7.23. The normalized spacial score (nSPS) is 18.7. The lowest BCUT2D eigenvalue weighted by Crippen LogP contribution is -2.56. The molecule has 1 amide bonds. The average Bonchev–Trinajstić information content (AvgIpc) is 3.45. The molecule has 0 saturated heterocycles. The van der Waals surface area contributed by atoms with Crippen LogP contribution in [0.5, 0.6) is 0 Å². The fraction of sp³-hybridized carbons (Fsp3) is 0.459. The fourth-order valence-electron chi connectivity index (χ4n) is 6.31. The fourth-order valence-corrected chi connectivity index (χ4v) is 6.31. The molecule has 2 heterocycles. The van der Waals surface area contributed by atoms with Gasteiger partial charge in [0, 0.05) is 23.4 Å². The molecule has 0 unspecified atom stereocenters. The van der Waals surface area contributed by atoms with Crippen LogP contribution in [0.1, 0.15) is 85.2 Å². The van der Waals surface area contributed by atoms with Gasteiger partial charge >= 0.3 is 24.1 Å². The van der Waals surface area contributed by atoms with E-state index in [2.05, 4.69) is 0 Å². The zero-order valence-electron chi connectivity index (χ0n) is 28.6. The highest BCUT2D eigenvalue weighted by Crippen LogP contribution is 2.59. The summed E-state index contributed by atoms with van der Waals surface area (Å²) in [6.45, 7) is 15.6. The second-order valence-corrected chi connectivity index (χ2v) is 15.0. The Morgan fingerprint density at radius 3 is 1.87 bits per heavy atom. The average molecular weight is 645 g/mol. The second-order valence-electron chi connectivity index (χ2n) is 15.0. The van der Waals surface area contributed by atoms with Gasteiger partial charge in [-0.2, -0.15) is 0 Å². The Morgan fingerprint density at radius 1 is 0.745 bits per heavy atom. The number of fused-ring (bicyclic) bond motifs is 5. The lowest BCUT2D eigenvalue weighted by Gasteiger charge is -2.41.